The molecule has 5 heterocycles. The second kappa shape index (κ2) is 37.2. The molecule has 0 radical (unpaired) electrons. The molecule has 20 atom stereocenters. The lowest BCUT2D eigenvalue weighted by Crippen LogP contribution is -2.64. The van der Waals surface area contributed by atoms with Crippen molar-refractivity contribution in [2.45, 2.75) is 206 Å². The summed E-state index contributed by atoms with van der Waals surface area (Å²) in [6, 6.07) is 0. The maximum Gasteiger partial charge on any atom is 0.303 e. The molecule has 5 aliphatic heterocycles. The number of rotatable bonds is 16. The van der Waals surface area contributed by atoms with Crippen molar-refractivity contribution in [1.29, 1.82) is 0 Å². The standard InChI is InChI=1S/C56H80O36/c1-25(57)77-21-37-41(81-29(5)61)45(85-33(9)65)49-53(89-37)73-17-18-74-54-50(46(86-34(10)66)42(82-30(6)62)38(90-54)22-78-26(2)58)71-15-16-72-52-48(88-36(12)68)44(84-32(8)64)40(24-80-28(4)60)92-56(52)76-20-19-75-55-51(70-14-13-69-49)47(87-35(11)67)43(83-31(7)63)39(91-55)23-79-27(3)59/h37-56H,13-24H2,1-12H3/t37-,38-,39-,40-,41-,42-,43-,44-,45+,46+,47+,48+,49-,50-,51-,52-,53-,54-,55-,56-/m1/s1. The van der Waals surface area contributed by atoms with Crippen LogP contribution in [-0.2, 0) is 171 Å². The zero-order valence-electron chi connectivity index (χ0n) is 52.7. The van der Waals surface area contributed by atoms with E-state index in [1.807, 2.05) is 0 Å². The predicted molar refractivity (Wildman–Crippen MR) is 288 cm³/mol. The summed E-state index contributed by atoms with van der Waals surface area (Å²) in [6.07, 6.45) is -31.5. The highest BCUT2D eigenvalue weighted by atomic mass is 16.8. The third kappa shape index (κ3) is 23.9. The Hall–Kier alpha value is -6.84. The molecule has 0 aromatic rings. The second-order valence-corrected chi connectivity index (χ2v) is 20.8. The molecule has 0 bridgehead atoms. The van der Waals surface area contributed by atoms with E-state index in [9.17, 15) is 57.5 Å². The topological polar surface area (TPSA) is 426 Å². The number of hydrogen-bond donors (Lipinski definition) is 0. The summed E-state index contributed by atoms with van der Waals surface area (Å²) in [5, 5.41) is 0. The highest BCUT2D eigenvalue weighted by Gasteiger charge is 2.56. The lowest BCUT2D eigenvalue weighted by molar-refractivity contribution is -0.337. The number of carbonyl (C=O) groups is 12. The van der Waals surface area contributed by atoms with Crippen LogP contribution in [0.5, 0.6) is 0 Å². The zero-order chi connectivity index (χ0) is 67.9. The first-order valence-electron chi connectivity index (χ1n) is 29.0. The van der Waals surface area contributed by atoms with Crippen LogP contribution in [0.15, 0.2) is 0 Å². The van der Waals surface area contributed by atoms with Crippen molar-refractivity contribution in [3.63, 3.8) is 0 Å². The van der Waals surface area contributed by atoms with E-state index in [2.05, 4.69) is 0 Å². The lowest BCUT2D eigenvalue weighted by atomic mass is 9.98. The molecule has 92 heavy (non-hydrogen) atoms. The second-order valence-electron chi connectivity index (χ2n) is 20.8. The summed E-state index contributed by atoms with van der Waals surface area (Å²) in [6.45, 7) is 5.94. The molecule has 0 amide bonds. The van der Waals surface area contributed by atoms with Crippen LogP contribution < -0.4 is 0 Å². The summed E-state index contributed by atoms with van der Waals surface area (Å²) in [4.78, 5) is 151. The van der Waals surface area contributed by atoms with Crippen molar-refractivity contribution in [3.05, 3.63) is 0 Å². The summed E-state index contributed by atoms with van der Waals surface area (Å²) in [7, 11) is 0. The Morgan fingerprint density at radius 1 is 0.228 bits per heavy atom. The van der Waals surface area contributed by atoms with Gasteiger partial charge in [0.1, 0.15) is 75.3 Å². The van der Waals surface area contributed by atoms with E-state index in [1.54, 1.807) is 0 Å². The third-order valence-corrected chi connectivity index (χ3v) is 13.3. The van der Waals surface area contributed by atoms with Crippen molar-refractivity contribution < 1.29 is 171 Å². The van der Waals surface area contributed by atoms with E-state index in [0.29, 0.717) is 0 Å². The number of hydrogen-bond acceptors (Lipinski definition) is 36. The molecule has 520 valence electrons. The van der Waals surface area contributed by atoms with Gasteiger partial charge in [-0.25, -0.2) is 0 Å². The molecule has 0 N–H and O–H groups in total. The Balaban J connectivity index is 1.66. The Morgan fingerprint density at radius 3 is 0.533 bits per heavy atom. The van der Waals surface area contributed by atoms with Crippen LogP contribution in [0.25, 0.3) is 0 Å². The van der Waals surface area contributed by atoms with Crippen molar-refractivity contribution in [3.8, 4) is 0 Å². The molecular weight excluding hydrogens is 1250 g/mol. The van der Waals surface area contributed by atoms with Gasteiger partial charge >= 0.3 is 71.6 Å². The molecule has 36 nitrogen and oxygen atoms in total. The summed E-state index contributed by atoms with van der Waals surface area (Å²) in [5.41, 5.74) is 0. The van der Waals surface area contributed by atoms with Crippen LogP contribution in [0.4, 0.5) is 0 Å². The minimum atomic E-state index is -1.67. The van der Waals surface area contributed by atoms with Gasteiger partial charge in [0.25, 0.3) is 0 Å². The van der Waals surface area contributed by atoms with Gasteiger partial charge in [-0.1, -0.05) is 0 Å². The minimum absolute atomic E-state index is 0.528. The van der Waals surface area contributed by atoms with Crippen LogP contribution in [0.3, 0.4) is 0 Å². The van der Waals surface area contributed by atoms with Crippen LogP contribution >= 0.6 is 0 Å². The van der Waals surface area contributed by atoms with Crippen LogP contribution in [0, 0.1) is 0 Å². The highest BCUT2D eigenvalue weighted by Crippen LogP contribution is 2.35. The van der Waals surface area contributed by atoms with Gasteiger partial charge < -0.3 is 114 Å². The average Bonchev–Trinajstić information content (AvgIpc) is 0.851. The molecule has 0 spiro atoms. The van der Waals surface area contributed by atoms with E-state index in [-0.39, 0.29) is 0 Å². The molecule has 5 fully saturated rings. The fourth-order valence-electron chi connectivity index (χ4n) is 10.1. The predicted octanol–water partition coefficient (Wildman–Crippen LogP) is -1.79. The van der Waals surface area contributed by atoms with E-state index >= 15 is 0 Å². The fourth-order valence-corrected chi connectivity index (χ4v) is 10.1. The number of carbonyl (C=O) groups excluding carboxylic acids is 12. The van der Waals surface area contributed by atoms with Gasteiger partial charge in [0.2, 0.25) is 0 Å². The van der Waals surface area contributed by atoms with Gasteiger partial charge in [-0.05, 0) is 0 Å². The lowest BCUT2D eigenvalue weighted by Gasteiger charge is -2.46. The molecule has 36 heteroatoms. The Labute approximate surface area is 526 Å². The molecule has 5 saturated heterocycles. The van der Waals surface area contributed by atoms with Crippen molar-refractivity contribution in [2.75, 3.05) is 79.3 Å². The first-order valence-corrected chi connectivity index (χ1v) is 29.0. The molecule has 5 rings (SSSR count). The molecule has 0 aromatic carbocycles. The van der Waals surface area contributed by atoms with Gasteiger partial charge in [-0.3, -0.25) is 57.5 Å². The molecule has 5 aliphatic rings. The quantitative estimate of drug-likeness (QED) is 0.122. The van der Waals surface area contributed by atoms with Crippen LogP contribution in [0.2, 0.25) is 0 Å². The Morgan fingerprint density at radius 2 is 0.380 bits per heavy atom. The first kappa shape index (κ1) is 75.9. The van der Waals surface area contributed by atoms with E-state index in [1.165, 1.54) is 0 Å². The molecule has 0 saturated carbocycles. The van der Waals surface area contributed by atoms with Crippen LogP contribution in [0.1, 0.15) is 83.1 Å². The Bertz CT molecular complexity index is 2190. The molecule has 0 unspecified atom stereocenters. The molecule has 0 aromatic heterocycles. The van der Waals surface area contributed by atoms with Gasteiger partial charge in [-0.2, -0.15) is 0 Å². The Kier molecular flexibility index (Phi) is 30.6. The van der Waals surface area contributed by atoms with Gasteiger partial charge in [-0.15, -0.1) is 0 Å². The highest BCUT2D eigenvalue weighted by molar-refractivity contribution is 5.70. The monoisotopic (exact) mass is 1330 g/mol. The fraction of sp³-hybridized carbons (Fsp3) is 0.786. The summed E-state index contributed by atoms with van der Waals surface area (Å²) in [5.74, 6) is -10.5. The van der Waals surface area contributed by atoms with Crippen molar-refractivity contribution >= 4 is 71.6 Å². The van der Waals surface area contributed by atoms with E-state index < -0.39 is 274 Å². The van der Waals surface area contributed by atoms with Gasteiger partial charge in [0, 0.05) is 83.1 Å². The number of fused-ring (bicyclic) bond motifs is 4. The maximum atomic E-state index is 12.9. The summed E-state index contributed by atoms with van der Waals surface area (Å²) >= 11 is 0. The number of esters is 12. The van der Waals surface area contributed by atoms with E-state index in [0.717, 1.165) is 83.1 Å². The van der Waals surface area contributed by atoms with Crippen molar-refractivity contribution in [2.24, 2.45) is 0 Å². The zero-order valence-corrected chi connectivity index (χ0v) is 52.7. The van der Waals surface area contributed by atoms with E-state index in [4.69, 9.17) is 114 Å². The first-order chi connectivity index (χ1) is 43.5. The minimum Gasteiger partial charge on any atom is -0.463 e. The molecule has 0 aliphatic carbocycles. The smallest absolute Gasteiger partial charge is 0.303 e. The van der Waals surface area contributed by atoms with Crippen LogP contribution in [-0.4, -0.2) is 274 Å². The maximum absolute atomic E-state index is 12.9. The van der Waals surface area contributed by atoms with Crippen molar-refractivity contribution in [1.82, 2.24) is 0 Å². The summed E-state index contributed by atoms with van der Waals surface area (Å²) < 4.78 is 142. The SMILES string of the molecule is CC(=O)OC[C@H]1O[C@H]2OCCO[C@@H]3O[C@H](COC(C)=O)[C@@H](OC(C)=O)[C@H](OC(C)=O)[C@H]3OCCO[C@H]3[C@H](OCCO[C@@H]4O[C@H](COC(C)=O)[C@@H](OC(C)=O)[C@H](OC(C)=O)[C@H]4OCCO[C@@H]2[C@@H](OC(C)=O)[C@@H]1OC(C)=O)O[C@H](COC(C)=O)[C@@H](OC(C)=O)[C@@H]3OC(C)=O. The normalized spacial score (nSPS) is 33.3. The third-order valence-electron chi connectivity index (χ3n) is 13.3. The largest absolute Gasteiger partial charge is 0.463 e. The molecular formula is C56H80O36. The van der Waals surface area contributed by atoms with Gasteiger partial charge in [0.05, 0.1) is 52.9 Å². The van der Waals surface area contributed by atoms with Gasteiger partial charge in [0.15, 0.2) is 74.0 Å². The number of ether oxygens (including phenoxy) is 24. The average molecular weight is 1330 g/mol.